The highest BCUT2D eigenvalue weighted by Crippen LogP contribution is 2.31. The molecule has 0 fully saturated rings. The number of sulfonamides is 1. The molecule has 0 aliphatic rings. The third-order valence-corrected chi connectivity index (χ3v) is 4.62. The van der Waals surface area contributed by atoms with Gasteiger partial charge in [-0.05, 0) is 19.9 Å². The van der Waals surface area contributed by atoms with Crippen molar-refractivity contribution in [3.05, 3.63) is 40.2 Å². The lowest BCUT2D eigenvalue weighted by atomic mass is 10.2. The number of rotatable bonds is 6. The molecule has 10 heteroatoms. The Bertz CT molecular complexity index is 844. The van der Waals surface area contributed by atoms with Crippen LogP contribution in [0.5, 0.6) is 5.75 Å². The lowest BCUT2D eigenvalue weighted by Crippen LogP contribution is -2.14. The molecule has 0 aliphatic heterocycles. The number of benzene rings is 1. The minimum absolute atomic E-state index is 0.0414. The maximum absolute atomic E-state index is 12.5. The second kappa shape index (κ2) is 6.24. The standard InChI is InChI=1S/C13H16N4O5S/c1-4-16-8-13(9(2)14-16)23(20,21)15-11-6-5-10(17(18)19)7-12(11)22-3/h5-8,15H,4H2,1-3H3. The van der Waals surface area contributed by atoms with Gasteiger partial charge in [-0.3, -0.25) is 19.5 Å². The van der Waals surface area contributed by atoms with Crippen LogP contribution in [-0.2, 0) is 16.6 Å². The van der Waals surface area contributed by atoms with Crippen molar-refractivity contribution >= 4 is 21.4 Å². The van der Waals surface area contributed by atoms with Crippen molar-refractivity contribution in [3.63, 3.8) is 0 Å². The normalized spacial score (nSPS) is 11.3. The number of nitrogens with one attached hydrogen (secondary N) is 1. The molecular weight excluding hydrogens is 324 g/mol. The Labute approximate surface area is 133 Å². The van der Waals surface area contributed by atoms with Crippen LogP contribution in [-0.4, -0.2) is 30.2 Å². The summed E-state index contributed by atoms with van der Waals surface area (Å²) in [5.74, 6) is 0.0586. The zero-order valence-corrected chi connectivity index (χ0v) is 13.6. The number of hydrogen-bond acceptors (Lipinski definition) is 6. The van der Waals surface area contributed by atoms with Gasteiger partial charge in [0.2, 0.25) is 0 Å². The van der Waals surface area contributed by atoms with Gasteiger partial charge in [-0.2, -0.15) is 5.10 Å². The number of methoxy groups -OCH3 is 1. The predicted octanol–water partition coefficient (Wildman–Crippen LogP) is 1.93. The second-order valence-corrected chi connectivity index (χ2v) is 6.33. The van der Waals surface area contributed by atoms with Crippen molar-refractivity contribution in [3.8, 4) is 5.75 Å². The predicted molar refractivity (Wildman–Crippen MR) is 83.1 cm³/mol. The number of aryl methyl sites for hydroxylation is 2. The Hall–Kier alpha value is -2.62. The van der Waals surface area contributed by atoms with Crippen LogP contribution in [0, 0.1) is 17.0 Å². The number of nitro benzene ring substituents is 1. The zero-order valence-electron chi connectivity index (χ0n) is 12.8. The summed E-state index contributed by atoms with van der Waals surface area (Å²) in [7, 11) is -2.58. The van der Waals surface area contributed by atoms with Crippen LogP contribution in [0.1, 0.15) is 12.6 Å². The van der Waals surface area contributed by atoms with Crippen LogP contribution in [0.4, 0.5) is 11.4 Å². The first-order chi connectivity index (χ1) is 10.8. The van der Waals surface area contributed by atoms with Gasteiger partial charge in [0.05, 0.1) is 29.5 Å². The molecule has 0 bridgehead atoms. The van der Waals surface area contributed by atoms with E-state index in [1.165, 1.54) is 30.1 Å². The van der Waals surface area contributed by atoms with Crippen LogP contribution in [0.3, 0.4) is 0 Å². The Morgan fingerprint density at radius 3 is 2.65 bits per heavy atom. The Kier molecular flexibility index (Phi) is 4.55. The van der Waals surface area contributed by atoms with Crippen molar-refractivity contribution in [1.29, 1.82) is 0 Å². The summed E-state index contributed by atoms with van der Waals surface area (Å²) in [6, 6.07) is 3.64. The third kappa shape index (κ3) is 3.42. The number of hydrogen-bond donors (Lipinski definition) is 1. The summed E-state index contributed by atoms with van der Waals surface area (Å²) in [4.78, 5) is 10.2. The van der Waals surface area contributed by atoms with E-state index in [-0.39, 0.29) is 22.0 Å². The minimum atomic E-state index is -3.88. The van der Waals surface area contributed by atoms with Crippen molar-refractivity contribution in [2.24, 2.45) is 0 Å². The van der Waals surface area contributed by atoms with E-state index >= 15 is 0 Å². The molecule has 0 aliphatic carbocycles. The molecule has 124 valence electrons. The molecule has 1 aromatic carbocycles. The molecule has 9 nitrogen and oxygen atoms in total. The minimum Gasteiger partial charge on any atom is -0.494 e. The van der Waals surface area contributed by atoms with Gasteiger partial charge in [0, 0.05) is 18.8 Å². The Morgan fingerprint density at radius 1 is 1.43 bits per heavy atom. The van der Waals surface area contributed by atoms with Gasteiger partial charge in [0.25, 0.3) is 15.7 Å². The highest BCUT2D eigenvalue weighted by atomic mass is 32.2. The number of anilines is 1. The van der Waals surface area contributed by atoms with E-state index in [1.54, 1.807) is 6.92 Å². The van der Waals surface area contributed by atoms with Crippen molar-refractivity contribution in [2.45, 2.75) is 25.3 Å². The molecule has 2 aromatic rings. The highest BCUT2D eigenvalue weighted by Gasteiger charge is 2.22. The smallest absolute Gasteiger partial charge is 0.273 e. The van der Waals surface area contributed by atoms with Crippen LogP contribution < -0.4 is 9.46 Å². The number of nitro groups is 1. The van der Waals surface area contributed by atoms with Crippen LogP contribution >= 0.6 is 0 Å². The van der Waals surface area contributed by atoms with Gasteiger partial charge in [0.15, 0.2) is 0 Å². The monoisotopic (exact) mass is 340 g/mol. The van der Waals surface area contributed by atoms with E-state index < -0.39 is 14.9 Å². The fraction of sp³-hybridized carbons (Fsp3) is 0.308. The SMILES string of the molecule is CCn1cc(S(=O)(=O)Nc2ccc([N+](=O)[O-])cc2OC)c(C)n1. The molecule has 0 saturated carbocycles. The molecule has 1 aromatic heterocycles. The fourth-order valence-corrected chi connectivity index (χ4v) is 3.26. The maximum atomic E-state index is 12.5. The molecule has 1 N–H and O–H groups in total. The molecule has 2 rings (SSSR count). The van der Waals surface area contributed by atoms with Crippen LogP contribution in [0.2, 0.25) is 0 Å². The highest BCUT2D eigenvalue weighted by molar-refractivity contribution is 7.92. The number of nitrogens with zero attached hydrogens (tertiary/aromatic N) is 3. The molecule has 0 amide bonds. The first-order valence-electron chi connectivity index (χ1n) is 6.67. The Morgan fingerprint density at radius 2 is 2.13 bits per heavy atom. The van der Waals surface area contributed by atoms with E-state index in [0.29, 0.717) is 12.2 Å². The molecule has 0 spiro atoms. The average molecular weight is 340 g/mol. The second-order valence-electron chi connectivity index (χ2n) is 4.68. The summed E-state index contributed by atoms with van der Waals surface area (Å²) >= 11 is 0. The van der Waals surface area contributed by atoms with E-state index in [9.17, 15) is 18.5 Å². The summed E-state index contributed by atoms with van der Waals surface area (Å²) in [6.07, 6.45) is 1.43. The van der Waals surface area contributed by atoms with Gasteiger partial charge in [-0.1, -0.05) is 0 Å². The van der Waals surface area contributed by atoms with Crippen molar-refractivity contribution < 1.29 is 18.1 Å². The van der Waals surface area contributed by atoms with E-state index in [4.69, 9.17) is 4.74 Å². The van der Waals surface area contributed by atoms with Crippen molar-refractivity contribution in [2.75, 3.05) is 11.8 Å². The number of aromatic nitrogens is 2. The Balaban J connectivity index is 2.40. The zero-order chi connectivity index (χ0) is 17.2. The topological polar surface area (TPSA) is 116 Å². The number of ether oxygens (including phenoxy) is 1. The summed E-state index contributed by atoms with van der Waals surface area (Å²) in [5.41, 5.74) is 0.279. The van der Waals surface area contributed by atoms with Gasteiger partial charge in [-0.15, -0.1) is 0 Å². The van der Waals surface area contributed by atoms with Gasteiger partial charge in [-0.25, -0.2) is 8.42 Å². The molecule has 0 unspecified atom stereocenters. The van der Waals surface area contributed by atoms with E-state index in [1.807, 2.05) is 6.92 Å². The quantitative estimate of drug-likeness (QED) is 0.634. The van der Waals surface area contributed by atoms with Gasteiger partial charge >= 0.3 is 0 Å². The van der Waals surface area contributed by atoms with E-state index in [2.05, 4.69) is 9.82 Å². The average Bonchev–Trinajstić information content (AvgIpc) is 2.89. The molecule has 1 heterocycles. The molecule has 0 saturated heterocycles. The lowest BCUT2D eigenvalue weighted by molar-refractivity contribution is -0.384. The van der Waals surface area contributed by atoms with Crippen LogP contribution in [0.25, 0.3) is 0 Å². The van der Waals surface area contributed by atoms with Crippen LogP contribution in [0.15, 0.2) is 29.3 Å². The molecular formula is C13H16N4O5S. The van der Waals surface area contributed by atoms with Gasteiger partial charge < -0.3 is 4.74 Å². The fourth-order valence-electron chi connectivity index (χ4n) is 2.00. The maximum Gasteiger partial charge on any atom is 0.273 e. The molecule has 0 radical (unpaired) electrons. The van der Waals surface area contributed by atoms with Crippen molar-refractivity contribution in [1.82, 2.24) is 9.78 Å². The summed E-state index contributed by atoms with van der Waals surface area (Å²) in [6.45, 7) is 3.97. The third-order valence-electron chi connectivity index (χ3n) is 3.16. The summed E-state index contributed by atoms with van der Waals surface area (Å²) in [5, 5.41) is 14.9. The lowest BCUT2D eigenvalue weighted by Gasteiger charge is -2.11. The summed E-state index contributed by atoms with van der Waals surface area (Å²) < 4.78 is 33.9. The first kappa shape index (κ1) is 16.7. The number of non-ortho nitro benzene ring substituents is 1. The van der Waals surface area contributed by atoms with E-state index in [0.717, 1.165) is 6.07 Å². The van der Waals surface area contributed by atoms with Gasteiger partial charge in [0.1, 0.15) is 10.6 Å². The molecule has 23 heavy (non-hydrogen) atoms. The molecule has 0 atom stereocenters. The largest absolute Gasteiger partial charge is 0.494 e. The first-order valence-corrected chi connectivity index (χ1v) is 8.16.